The number of aryl methyl sites for hydroxylation is 1. The van der Waals surface area contributed by atoms with Crippen LogP contribution >= 0.6 is 23.1 Å². The highest BCUT2D eigenvalue weighted by molar-refractivity contribution is 7.98. The molecule has 1 aromatic heterocycles. The lowest BCUT2D eigenvalue weighted by Crippen LogP contribution is -2.19. The van der Waals surface area contributed by atoms with E-state index in [-0.39, 0.29) is 0 Å². The molecule has 4 heteroatoms. The number of aromatic nitrogens is 1. The van der Waals surface area contributed by atoms with Gasteiger partial charge < -0.3 is 5.32 Å². The Bertz CT molecular complexity index is 551. The van der Waals surface area contributed by atoms with Crippen molar-refractivity contribution in [2.45, 2.75) is 50.3 Å². The van der Waals surface area contributed by atoms with Crippen LogP contribution in [-0.4, -0.2) is 11.5 Å². The minimum absolute atomic E-state index is 0.413. The molecule has 1 heterocycles. The fourth-order valence-electron chi connectivity index (χ4n) is 2.09. The van der Waals surface area contributed by atoms with Crippen molar-refractivity contribution in [3.05, 3.63) is 45.9 Å². The third-order valence-electron chi connectivity index (χ3n) is 3.35. The first kappa shape index (κ1) is 16.5. The number of hydrogen-bond acceptors (Lipinski definition) is 4. The summed E-state index contributed by atoms with van der Waals surface area (Å²) in [5, 5.41) is 6.96. The fourth-order valence-corrected chi connectivity index (χ4v) is 3.79. The number of nitrogens with zero attached hydrogens (tertiary/aromatic N) is 1. The van der Waals surface area contributed by atoms with Crippen LogP contribution in [0.4, 0.5) is 0 Å². The highest BCUT2D eigenvalue weighted by atomic mass is 32.2. The molecule has 2 rings (SSSR count). The molecular formula is C17H24N2S2. The Morgan fingerprint density at radius 3 is 2.90 bits per heavy atom. The maximum absolute atomic E-state index is 4.63. The summed E-state index contributed by atoms with van der Waals surface area (Å²) in [6.07, 6.45) is 2.20. The topological polar surface area (TPSA) is 24.9 Å². The second kappa shape index (κ2) is 8.57. The molecule has 1 aromatic carbocycles. The van der Waals surface area contributed by atoms with Crippen LogP contribution in [0.5, 0.6) is 0 Å². The zero-order chi connectivity index (χ0) is 15.1. The minimum Gasteiger partial charge on any atom is -0.310 e. The van der Waals surface area contributed by atoms with E-state index in [9.17, 15) is 0 Å². The van der Waals surface area contributed by atoms with Crippen molar-refractivity contribution < 1.29 is 0 Å². The van der Waals surface area contributed by atoms with Gasteiger partial charge in [0.05, 0.1) is 10.7 Å². The van der Waals surface area contributed by atoms with Crippen molar-refractivity contribution in [1.82, 2.24) is 10.3 Å². The van der Waals surface area contributed by atoms with Gasteiger partial charge in [-0.25, -0.2) is 4.98 Å². The van der Waals surface area contributed by atoms with Gasteiger partial charge in [0.15, 0.2) is 0 Å². The van der Waals surface area contributed by atoms with E-state index in [0.717, 1.165) is 18.7 Å². The largest absolute Gasteiger partial charge is 0.310 e. The van der Waals surface area contributed by atoms with Crippen molar-refractivity contribution >= 4 is 23.1 Å². The van der Waals surface area contributed by atoms with Gasteiger partial charge in [-0.3, -0.25) is 0 Å². The van der Waals surface area contributed by atoms with Gasteiger partial charge in [0.1, 0.15) is 0 Å². The highest BCUT2D eigenvalue weighted by Crippen LogP contribution is 2.26. The van der Waals surface area contributed by atoms with Crippen molar-refractivity contribution in [2.75, 3.05) is 6.54 Å². The molecule has 1 atom stereocenters. The first-order chi connectivity index (χ1) is 10.2. The monoisotopic (exact) mass is 320 g/mol. The summed E-state index contributed by atoms with van der Waals surface area (Å²) >= 11 is 3.64. The van der Waals surface area contributed by atoms with Gasteiger partial charge in [0, 0.05) is 22.1 Å². The van der Waals surface area contributed by atoms with Gasteiger partial charge >= 0.3 is 0 Å². The molecule has 0 amide bonds. The average molecular weight is 321 g/mol. The van der Waals surface area contributed by atoms with Gasteiger partial charge in [-0.15, -0.1) is 23.1 Å². The number of hydrogen-bond donors (Lipinski definition) is 1. The normalized spacial score (nSPS) is 12.5. The maximum Gasteiger partial charge on any atom is 0.0925 e. The first-order valence-corrected chi connectivity index (χ1v) is 9.48. The Balaban J connectivity index is 1.94. The van der Waals surface area contributed by atoms with Crippen LogP contribution in [0.2, 0.25) is 0 Å². The van der Waals surface area contributed by atoms with Gasteiger partial charge in [0.25, 0.3) is 0 Å². The molecule has 114 valence electrons. The summed E-state index contributed by atoms with van der Waals surface area (Å²) in [5.41, 5.74) is 2.56. The van der Waals surface area contributed by atoms with Crippen LogP contribution in [0.3, 0.4) is 0 Å². The number of nitrogens with one attached hydrogen (secondary N) is 1. The van der Waals surface area contributed by atoms with E-state index in [2.05, 4.69) is 60.7 Å². The lowest BCUT2D eigenvalue weighted by atomic mass is 10.1. The van der Waals surface area contributed by atoms with Crippen LogP contribution in [0, 0.1) is 0 Å². The van der Waals surface area contributed by atoms with Gasteiger partial charge in [-0.05, 0) is 44.0 Å². The van der Waals surface area contributed by atoms with E-state index in [1.54, 1.807) is 11.3 Å². The predicted octanol–water partition coefficient (Wildman–Crippen LogP) is 5.06. The molecule has 0 aliphatic carbocycles. The molecule has 21 heavy (non-hydrogen) atoms. The third kappa shape index (κ3) is 5.13. The second-order valence-corrected chi connectivity index (χ2v) is 7.11. The summed E-state index contributed by atoms with van der Waals surface area (Å²) in [6.45, 7) is 7.65. The first-order valence-electron chi connectivity index (χ1n) is 7.62. The molecule has 0 radical (unpaired) electrons. The smallest absolute Gasteiger partial charge is 0.0925 e. The number of thioether (sulfide) groups is 1. The predicted molar refractivity (Wildman–Crippen MR) is 94.2 cm³/mol. The summed E-state index contributed by atoms with van der Waals surface area (Å²) in [5.74, 6) is 0.955. The maximum atomic E-state index is 4.63. The van der Waals surface area contributed by atoms with Crippen LogP contribution in [0.1, 0.15) is 49.5 Å². The lowest BCUT2D eigenvalue weighted by molar-refractivity contribution is 0.570. The summed E-state index contributed by atoms with van der Waals surface area (Å²) in [6, 6.07) is 9.26. The molecular weight excluding hydrogens is 296 g/mol. The molecule has 0 fully saturated rings. The minimum atomic E-state index is 0.413. The van der Waals surface area contributed by atoms with Crippen LogP contribution < -0.4 is 5.32 Å². The van der Waals surface area contributed by atoms with Gasteiger partial charge in [0.2, 0.25) is 0 Å². The van der Waals surface area contributed by atoms with Crippen LogP contribution in [0.15, 0.2) is 34.5 Å². The Morgan fingerprint density at radius 2 is 2.19 bits per heavy atom. The third-order valence-corrected chi connectivity index (χ3v) is 5.42. The average Bonchev–Trinajstić information content (AvgIpc) is 2.99. The standard InChI is InChI=1S/C17H24N2S2/c1-4-9-18-13(3)14-7-6-8-16(10-14)20-11-15-12-21-17(5-2)19-15/h6-8,10,12-13,18H,4-5,9,11H2,1-3H3. The molecule has 2 aromatic rings. The molecule has 0 saturated heterocycles. The molecule has 0 bridgehead atoms. The zero-order valence-corrected chi connectivity index (χ0v) is 14.7. The second-order valence-electron chi connectivity index (χ2n) is 5.12. The van der Waals surface area contributed by atoms with E-state index in [4.69, 9.17) is 0 Å². The Hall–Kier alpha value is -0.840. The Kier molecular flexibility index (Phi) is 6.74. The van der Waals surface area contributed by atoms with E-state index in [1.807, 2.05) is 11.8 Å². The number of rotatable bonds is 8. The van der Waals surface area contributed by atoms with Crippen molar-refractivity contribution in [3.8, 4) is 0 Å². The van der Waals surface area contributed by atoms with E-state index in [0.29, 0.717) is 6.04 Å². The summed E-state index contributed by atoms with van der Waals surface area (Å²) in [7, 11) is 0. The van der Waals surface area contributed by atoms with E-state index in [1.165, 1.54) is 27.6 Å². The number of benzene rings is 1. The van der Waals surface area contributed by atoms with Crippen LogP contribution in [0.25, 0.3) is 0 Å². The highest BCUT2D eigenvalue weighted by Gasteiger charge is 2.06. The molecule has 0 aliphatic rings. The number of thiazole rings is 1. The SMILES string of the molecule is CCCNC(C)c1cccc(SCc2csc(CC)n2)c1. The van der Waals surface area contributed by atoms with E-state index >= 15 is 0 Å². The lowest BCUT2D eigenvalue weighted by Gasteiger charge is -2.14. The van der Waals surface area contributed by atoms with Gasteiger partial charge in [-0.1, -0.05) is 26.0 Å². The zero-order valence-electron chi connectivity index (χ0n) is 13.1. The molecule has 0 aliphatic heterocycles. The molecule has 1 N–H and O–H groups in total. The van der Waals surface area contributed by atoms with E-state index < -0.39 is 0 Å². The fraction of sp³-hybridized carbons (Fsp3) is 0.471. The van der Waals surface area contributed by atoms with Crippen molar-refractivity contribution in [1.29, 1.82) is 0 Å². The molecule has 0 spiro atoms. The summed E-state index contributed by atoms with van der Waals surface area (Å²) < 4.78 is 0. The van der Waals surface area contributed by atoms with Crippen LogP contribution in [-0.2, 0) is 12.2 Å². The Morgan fingerprint density at radius 1 is 1.33 bits per heavy atom. The Labute approximate surface area is 136 Å². The molecule has 0 saturated carbocycles. The quantitative estimate of drug-likeness (QED) is 0.688. The van der Waals surface area contributed by atoms with Gasteiger partial charge in [-0.2, -0.15) is 0 Å². The summed E-state index contributed by atoms with van der Waals surface area (Å²) in [4.78, 5) is 5.95. The molecule has 1 unspecified atom stereocenters. The molecule has 2 nitrogen and oxygen atoms in total. The van der Waals surface area contributed by atoms with Crippen molar-refractivity contribution in [3.63, 3.8) is 0 Å². The van der Waals surface area contributed by atoms with Crippen molar-refractivity contribution in [2.24, 2.45) is 0 Å².